The summed E-state index contributed by atoms with van der Waals surface area (Å²) in [5, 5.41) is 5.36. The van der Waals surface area contributed by atoms with Crippen LogP contribution >= 0.6 is 11.3 Å². The second-order valence-corrected chi connectivity index (χ2v) is 7.39. The largest absolute Gasteiger partial charge is 0.314 e. The van der Waals surface area contributed by atoms with E-state index in [4.69, 9.17) is 0 Å². The molecular weight excluding hydrogens is 320 g/mol. The van der Waals surface area contributed by atoms with Gasteiger partial charge < -0.3 is 10.2 Å². The summed E-state index contributed by atoms with van der Waals surface area (Å²) in [5.74, 6) is 0. The molecule has 8 heteroatoms. The van der Waals surface area contributed by atoms with Gasteiger partial charge in [0.05, 0.1) is 4.90 Å². The number of nitrogens with zero attached hydrogens (tertiary/aromatic N) is 2. The van der Waals surface area contributed by atoms with Crippen molar-refractivity contribution in [1.29, 1.82) is 0 Å². The lowest BCUT2D eigenvalue weighted by molar-refractivity contribution is 0.291. The summed E-state index contributed by atoms with van der Waals surface area (Å²) >= 11 is 1.24. The Hall–Kier alpha value is -1.48. The van der Waals surface area contributed by atoms with Crippen LogP contribution in [0.5, 0.6) is 0 Å². The van der Waals surface area contributed by atoms with Gasteiger partial charge in [-0.05, 0) is 19.2 Å². The second-order valence-electron chi connectivity index (χ2n) is 4.81. The summed E-state index contributed by atoms with van der Waals surface area (Å²) in [4.78, 5) is 6.42. The molecule has 2 heterocycles. The van der Waals surface area contributed by atoms with E-state index in [0.29, 0.717) is 5.13 Å². The topological polar surface area (TPSA) is 74.3 Å². The summed E-state index contributed by atoms with van der Waals surface area (Å²) < 4.78 is 25.9. The van der Waals surface area contributed by atoms with E-state index in [1.54, 1.807) is 29.8 Å². The van der Waals surface area contributed by atoms with E-state index in [0.717, 1.165) is 13.1 Å². The number of likely N-dealkylation sites (N-methyl/N-ethyl adjacent to an activating group) is 1. The first-order valence-electron chi connectivity index (χ1n) is 6.94. The predicted octanol–water partition coefficient (Wildman–Crippen LogP) is 1.47. The Kier molecular flexibility index (Phi) is 6.32. The van der Waals surface area contributed by atoms with E-state index in [9.17, 15) is 8.42 Å². The lowest BCUT2D eigenvalue weighted by Gasteiger charge is -2.21. The van der Waals surface area contributed by atoms with Gasteiger partial charge in [-0.25, -0.2) is 13.4 Å². The first-order chi connectivity index (χ1) is 10.6. The van der Waals surface area contributed by atoms with Crippen LogP contribution < -0.4 is 10.0 Å². The van der Waals surface area contributed by atoms with Crippen molar-refractivity contribution < 1.29 is 8.42 Å². The molecule has 1 fully saturated rings. The summed E-state index contributed by atoms with van der Waals surface area (Å²) in [6, 6.07) is 8.20. The van der Waals surface area contributed by atoms with Crippen LogP contribution in [0.15, 0.2) is 46.8 Å². The number of nitrogens with one attached hydrogen (secondary N) is 2. The van der Waals surface area contributed by atoms with Crippen LogP contribution in [0.3, 0.4) is 0 Å². The van der Waals surface area contributed by atoms with Crippen molar-refractivity contribution in [2.45, 2.75) is 4.90 Å². The number of sulfonamides is 1. The first kappa shape index (κ1) is 16.9. The molecule has 6 nitrogen and oxygen atoms in total. The van der Waals surface area contributed by atoms with Crippen LogP contribution in [0.25, 0.3) is 0 Å². The Morgan fingerprint density at radius 3 is 2.41 bits per heavy atom. The molecule has 2 aromatic rings. The third-order valence-corrected chi connectivity index (χ3v) is 5.22. The van der Waals surface area contributed by atoms with E-state index in [1.165, 1.54) is 36.6 Å². The molecule has 3 rings (SSSR count). The number of rotatable bonds is 3. The van der Waals surface area contributed by atoms with E-state index < -0.39 is 10.0 Å². The average Bonchev–Trinajstić information content (AvgIpc) is 3.02. The molecule has 0 spiro atoms. The fourth-order valence-corrected chi connectivity index (χ4v) is 3.63. The predicted molar refractivity (Wildman–Crippen MR) is 89.7 cm³/mol. The van der Waals surface area contributed by atoms with Gasteiger partial charge in [-0.2, -0.15) is 0 Å². The van der Waals surface area contributed by atoms with Crippen LogP contribution in [0, 0.1) is 0 Å². The number of thiazole rings is 1. The maximum Gasteiger partial charge on any atom is 0.263 e. The summed E-state index contributed by atoms with van der Waals surface area (Å²) in [6.45, 7) is 4.74. The molecule has 1 aliphatic heterocycles. The van der Waals surface area contributed by atoms with Crippen molar-refractivity contribution >= 4 is 26.5 Å². The van der Waals surface area contributed by atoms with Gasteiger partial charge in [-0.3, -0.25) is 4.72 Å². The van der Waals surface area contributed by atoms with Gasteiger partial charge in [0.2, 0.25) is 0 Å². The van der Waals surface area contributed by atoms with Crippen molar-refractivity contribution in [3.63, 3.8) is 0 Å². The molecule has 0 unspecified atom stereocenters. The van der Waals surface area contributed by atoms with Crippen LogP contribution in [0.1, 0.15) is 0 Å². The molecule has 1 saturated heterocycles. The highest BCUT2D eigenvalue weighted by molar-refractivity contribution is 7.93. The lowest BCUT2D eigenvalue weighted by Crippen LogP contribution is -2.40. The molecule has 1 aromatic heterocycles. The molecule has 0 amide bonds. The summed E-state index contributed by atoms with van der Waals surface area (Å²) in [6.07, 6.45) is 1.55. The van der Waals surface area contributed by atoms with Gasteiger partial charge in [0, 0.05) is 37.8 Å². The number of hydrogen-bond acceptors (Lipinski definition) is 6. The fourth-order valence-electron chi connectivity index (χ4n) is 1.82. The molecule has 22 heavy (non-hydrogen) atoms. The Morgan fingerprint density at radius 1 is 1.23 bits per heavy atom. The Labute approximate surface area is 135 Å². The Bertz CT molecular complexity index is 639. The average molecular weight is 340 g/mol. The molecule has 120 valence electrons. The minimum atomic E-state index is -3.49. The smallest absolute Gasteiger partial charge is 0.263 e. The first-order valence-corrected chi connectivity index (χ1v) is 9.31. The second kappa shape index (κ2) is 8.23. The van der Waals surface area contributed by atoms with Crippen LogP contribution in [-0.4, -0.2) is 51.5 Å². The van der Waals surface area contributed by atoms with Gasteiger partial charge in [0.1, 0.15) is 0 Å². The molecule has 0 aliphatic carbocycles. The van der Waals surface area contributed by atoms with Gasteiger partial charge in [-0.15, -0.1) is 11.3 Å². The number of hydrogen-bond donors (Lipinski definition) is 2. The van der Waals surface area contributed by atoms with Gasteiger partial charge in [0.15, 0.2) is 5.13 Å². The van der Waals surface area contributed by atoms with Crippen molar-refractivity contribution in [2.75, 3.05) is 37.9 Å². The minimum Gasteiger partial charge on any atom is -0.314 e. The fraction of sp³-hybridized carbons (Fsp3) is 0.357. The Balaban J connectivity index is 0.000000211. The van der Waals surface area contributed by atoms with Gasteiger partial charge >= 0.3 is 0 Å². The highest BCUT2D eigenvalue weighted by Crippen LogP contribution is 2.17. The van der Waals surface area contributed by atoms with E-state index >= 15 is 0 Å². The van der Waals surface area contributed by atoms with Crippen molar-refractivity contribution in [2.24, 2.45) is 0 Å². The van der Waals surface area contributed by atoms with Crippen molar-refractivity contribution in [3.05, 3.63) is 41.9 Å². The van der Waals surface area contributed by atoms with E-state index in [1.807, 2.05) is 0 Å². The quantitative estimate of drug-likeness (QED) is 0.885. The number of benzene rings is 1. The van der Waals surface area contributed by atoms with Crippen molar-refractivity contribution in [3.8, 4) is 0 Å². The van der Waals surface area contributed by atoms with E-state index in [-0.39, 0.29) is 4.90 Å². The van der Waals surface area contributed by atoms with Gasteiger partial charge in [0.25, 0.3) is 10.0 Å². The molecule has 0 saturated carbocycles. The van der Waals surface area contributed by atoms with E-state index in [2.05, 4.69) is 27.0 Å². The molecule has 1 aromatic carbocycles. The number of anilines is 1. The zero-order chi connectivity index (χ0) is 15.8. The number of piperazine rings is 1. The summed E-state index contributed by atoms with van der Waals surface area (Å²) in [7, 11) is -1.33. The molecular formula is C14H20N4O2S2. The van der Waals surface area contributed by atoms with Crippen LogP contribution in [0.2, 0.25) is 0 Å². The Morgan fingerprint density at radius 2 is 1.91 bits per heavy atom. The highest BCUT2D eigenvalue weighted by Gasteiger charge is 2.14. The standard InChI is InChI=1S/C9H8N2O2S2.C5H12N2/c12-15(13,8-4-2-1-3-5-8)11-9-10-6-7-14-9;1-7-4-2-6-3-5-7/h1-7H,(H,10,11);6H,2-5H2,1H3. The van der Waals surface area contributed by atoms with Crippen LogP contribution in [-0.2, 0) is 10.0 Å². The maximum absolute atomic E-state index is 11.8. The zero-order valence-corrected chi connectivity index (χ0v) is 14.0. The molecule has 2 N–H and O–H groups in total. The zero-order valence-electron chi connectivity index (χ0n) is 12.4. The minimum absolute atomic E-state index is 0.236. The molecule has 0 atom stereocenters. The highest BCUT2D eigenvalue weighted by atomic mass is 32.2. The normalized spacial score (nSPS) is 15.7. The number of aromatic nitrogens is 1. The molecule has 0 radical (unpaired) electrons. The van der Waals surface area contributed by atoms with Crippen molar-refractivity contribution in [1.82, 2.24) is 15.2 Å². The molecule has 1 aliphatic rings. The lowest BCUT2D eigenvalue weighted by atomic mass is 10.4. The maximum atomic E-state index is 11.8. The third kappa shape index (κ3) is 5.38. The SMILES string of the molecule is CN1CCNCC1.O=S(=O)(Nc1nccs1)c1ccccc1. The molecule has 0 bridgehead atoms. The third-order valence-electron chi connectivity index (χ3n) is 3.05. The monoisotopic (exact) mass is 340 g/mol. The van der Waals surface area contributed by atoms with Crippen LogP contribution in [0.4, 0.5) is 5.13 Å². The van der Waals surface area contributed by atoms with Gasteiger partial charge in [-0.1, -0.05) is 18.2 Å². The summed E-state index contributed by atoms with van der Waals surface area (Å²) in [5.41, 5.74) is 0.